The van der Waals surface area contributed by atoms with Crippen molar-refractivity contribution in [3.05, 3.63) is 109 Å². The van der Waals surface area contributed by atoms with Crippen LogP contribution in [0.3, 0.4) is 0 Å². The van der Waals surface area contributed by atoms with E-state index >= 15 is 0 Å². The minimum absolute atomic E-state index is 0.507. The van der Waals surface area contributed by atoms with E-state index in [1.54, 1.807) is 0 Å². The molecular formula is C26H18N2O. The molecule has 0 saturated carbocycles. The zero-order valence-corrected chi connectivity index (χ0v) is 15.7. The summed E-state index contributed by atoms with van der Waals surface area (Å²) in [6, 6.07) is 36.5. The molecule has 29 heavy (non-hydrogen) atoms. The van der Waals surface area contributed by atoms with Crippen molar-refractivity contribution < 1.29 is 4.74 Å². The standard InChI is InChI=1S/C26H18N2O/c1-3-9-19(10-4-1)20-15-17-22(18-16-20)29-26-24-14-8-7-13-23(24)25(27-28-26)21-11-5-2-6-12-21/h1-18H. The van der Waals surface area contributed by atoms with Crippen LogP contribution < -0.4 is 4.74 Å². The van der Waals surface area contributed by atoms with Crippen LogP contribution in [0.2, 0.25) is 0 Å². The maximum Gasteiger partial charge on any atom is 0.246 e. The third-order valence-corrected chi connectivity index (χ3v) is 4.88. The molecule has 1 aromatic heterocycles. The quantitative estimate of drug-likeness (QED) is 0.349. The largest absolute Gasteiger partial charge is 0.437 e. The summed E-state index contributed by atoms with van der Waals surface area (Å²) in [5, 5.41) is 10.8. The molecule has 0 aliphatic rings. The lowest BCUT2D eigenvalue weighted by Gasteiger charge is -2.11. The van der Waals surface area contributed by atoms with Crippen LogP contribution in [-0.2, 0) is 0 Å². The summed E-state index contributed by atoms with van der Waals surface area (Å²) in [6.07, 6.45) is 0. The second-order valence-electron chi connectivity index (χ2n) is 6.76. The van der Waals surface area contributed by atoms with Crippen molar-refractivity contribution in [2.24, 2.45) is 0 Å². The van der Waals surface area contributed by atoms with Gasteiger partial charge in [-0.25, -0.2) is 0 Å². The molecule has 0 aliphatic heterocycles. The molecule has 0 atom stereocenters. The smallest absolute Gasteiger partial charge is 0.246 e. The van der Waals surface area contributed by atoms with E-state index in [1.165, 1.54) is 5.56 Å². The van der Waals surface area contributed by atoms with E-state index in [2.05, 4.69) is 40.5 Å². The van der Waals surface area contributed by atoms with Crippen molar-refractivity contribution in [1.29, 1.82) is 0 Å². The lowest BCUT2D eigenvalue weighted by molar-refractivity contribution is 0.462. The molecule has 0 saturated heterocycles. The molecule has 0 unspecified atom stereocenters. The van der Waals surface area contributed by atoms with Crippen LogP contribution in [0.15, 0.2) is 109 Å². The van der Waals surface area contributed by atoms with Crippen molar-refractivity contribution in [3.8, 4) is 34.0 Å². The van der Waals surface area contributed by atoms with Gasteiger partial charge in [-0.15, -0.1) is 10.2 Å². The molecule has 1 heterocycles. The highest BCUT2D eigenvalue weighted by Crippen LogP contribution is 2.33. The lowest BCUT2D eigenvalue weighted by Crippen LogP contribution is -1.95. The molecule has 0 spiro atoms. The molecule has 0 fully saturated rings. The van der Waals surface area contributed by atoms with Crippen LogP contribution in [0.25, 0.3) is 33.2 Å². The van der Waals surface area contributed by atoms with Crippen LogP contribution >= 0.6 is 0 Å². The van der Waals surface area contributed by atoms with Gasteiger partial charge < -0.3 is 4.74 Å². The Labute approximate surface area is 169 Å². The van der Waals surface area contributed by atoms with Crippen LogP contribution in [0.4, 0.5) is 0 Å². The summed E-state index contributed by atoms with van der Waals surface area (Å²) in [5.74, 6) is 1.24. The second kappa shape index (κ2) is 7.56. The fourth-order valence-electron chi connectivity index (χ4n) is 3.42. The fourth-order valence-corrected chi connectivity index (χ4v) is 3.42. The molecule has 0 bridgehead atoms. The Balaban J connectivity index is 1.50. The summed E-state index contributed by atoms with van der Waals surface area (Å²) >= 11 is 0. The molecule has 4 aromatic carbocycles. The number of ether oxygens (including phenoxy) is 1. The molecule has 3 heteroatoms. The molecule has 3 nitrogen and oxygen atoms in total. The molecular weight excluding hydrogens is 356 g/mol. The van der Waals surface area contributed by atoms with E-state index < -0.39 is 0 Å². The van der Waals surface area contributed by atoms with Crippen molar-refractivity contribution in [2.75, 3.05) is 0 Å². The van der Waals surface area contributed by atoms with Gasteiger partial charge in [-0.05, 0) is 29.3 Å². The van der Waals surface area contributed by atoms with Gasteiger partial charge in [0.25, 0.3) is 0 Å². The van der Waals surface area contributed by atoms with E-state index in [9.17, 15) is 0 Å². The number of rotatable bonds is 4. The van der Waals surface area contributed by atoms with E-state index in [1.807, 2.05) is 78.9 Å². The van der Waals surface area contributed by atoms with Crippen molar-refractivity contribution in [3.63, 3.8) is 0 Å². The molecule has 138 valence electrons. The first-order valence-electron chi connectivity index (χ1n) is 9.53. The average Bonchev–Trinajstić information content (AvgIpc) is 2.81. The number of aromatic nitrogens is 2. The Kier molecular flexibility index (Phi) is 4.47. The summed E-state index contributed by atoms with van der Waals surface area (Å²) in [4.78, 5) is 0. The van der Waals surface area contributed by atoms with Gasteiger partial charge in [0.05, 0.1) is 0 Å². The van der Waals surface area contributed by atoms with Crippen molar-refractivity contribution in [1.82, 2.24) is 10.2 Å². The minimum atomic E-state index is 0.507. The Morgan fingerprint density at radius 2 is 1.00 bits per heavy atom. The van der Waals surface area contributed by atoms with Gasteiger partial charge in [0.15, 0.2) is 0 Å². The summed E-state index contributed by atoms with van der Waals surface area (Å²) in [7, 11) is 0. The predicted octanol–water partition coefficient (Wildman–Crippen LogP) is 6.76. The number of hydrogen-bond donors (Lipinski definition) is 0. The molecule has 5 rings (SSSR count). The average molecular weight is 374 g/mol. The second-order valence-corrected chi connectivity index (χ2v) is 6.76. The summed E-state index contributed by atoms with van der Waals surface area (Å²) in [5.41, 5.74) is 4.22. The highest BCUT2D eigenvalue weighted by atomic mass is 16.5. The maximum absolute atomic E-state index is 6.10. The first kappa shape index (κ1) is 17.1. The molecule has 5 aromatic rings. The van der Waals surface area contributed by atoms with E-state index in [0.29, 0.717) is 5.88 Å². The van der Waals surface area contributed by atoms with Gasteiger partial charge in [0.1, 0.15) is 11.4 Å². The third kappa shape index (κ3) is 3.46. The lowest BCUT2D eigenvalue weighted by atomic mass is 10.1. The highest BCUT2D eigenvalue weighted by molar-refractivity contribution is 5.97. The third-order valence-electron chi connectivity index (χ3n) is 4.88. The SMILES string of the molecule is c1ccc(-c2ccc(Oc3nnc(-c4ccccc4)c4ccccc34)cc2)cc1. The Bertz CT molecular complexity index is 1250. The first-order chi connectivity index (χ1) is 14.4. The van der Waals surface area contributed by atoms with Gasteiger partial charge in [-0.1, -0.05) is 91.0 Å². The number of fused-ring (bicyclic) bond motifs is 1. The van der Waals surface area contributed by atoms with Gasteiger partial charge in [-0.3, -0.25) is 0 Å². The zero-order valence-electron chi connectivity index (χ0n) is 15.7. The Morgan fingerprint density at radius 1 is 0.448 bits per heavy atom. The van der Waals surface area contributed by atoms with E-state index in [-0.39, 0.29) is 0 Å². The Hall–Kier alpha value is -3.98. The van der Waals surface area contributed by atoms with Gasteiger partial charge >= 0.3 is 0 Å². The number of hydrogen-bond acceptors (Lipinski definition) is 3. The van der Waals surface area contributed by atoms with Crippen LogP contribution in [0.1, 0.15) is 0 Å². The topological polar surface area (TPSA) is 35.0 Å². The van der Waals surface area contributed by atoms with E-state index in [0.717, 1.165) is 33.3 Å². The summed E-state index contributed by atoms with van der Waals surface area (Å²) in [6.45, 7) is 0. The van der Waals surface area contributed by atoms with Gasteiger partial charge in [0.2, 0.25) is 5.88 Å². The van der Waals surface area contributed by atoms with Crippen LogP contribution in [0, 0.1) is 0 Å². The van der Waals surface area contributed by atoms with Gasteiger partial charge in [0, 0.05) is 16.3 Å². The molecule has 0 amide bonds. The van der Waals surface area contributed by atoms with Crippen LogP contribution in [-0.4, -0.2) is 10.2 Å². The predicted molar refractivity (Wildman–Crippen MR) is 117 cm³/mol. The fraction of sp³-hybridized carbons (Fsp3) is 0. The monoisotopic (exact) mass is 374 g/mol. The number of nitrogens with zero attached hydrogens (tertiary/aromatic N) is 2. The summed E-state index contributed by atoms with van der Waals surface area (Å²) < 4.78 is 6.10. The normalized spacial score (nSPS) is 10.8. The minimum Gasteiger partial charge on any atom is -0.437 e. The maximum atomic E-state index is 6.10. The molecule has 0 N–H and O–H groups in total. The zero-order chi connectivity index (χ0) is 19.5. The molecule has 0 aliphatic carbocycles. The highest BCUT2D eigenvalue weighted by Gasteiger charge is 2.12. The van der Waals surface area contributed by atoms with Crippen molar-refractivity contribution >= 4 is 10.8 Å². The Morgan fingerprint density at radius 3 is 1.69 bits per heavy atom. The molecule has 0 radical (unpaired) electrons. The van der Waals surface area contributed by atoms with Crippen LogP contribution in [0.5, 0.6) is 11.6 Å². The van der Waals surface area contributed by atoms with Gasteiger partial charge in [-0.2, -0.15) is 0 Å². The van der Waals surface area contributed by atoms with E-state index in [4.69, 9.17) is 4.74 Å². The number of benzene rings is 4. The van der Waals surface area contributed by atoms with Crippen molar-refractivity contribution in [2.45, 2.75) is 0 Å². The first-order valence-corrected chi connectivity index (χ1v) is 9.53.